The van der Waals surface area contributed by atoms with Gasteiger partial charge in [-0.3, -0.25) is 9.59 Å². The van der Waals surface area contributed by atoms with Crippen LogP contribution in [0.5, 0.6) is 0 Å². The highest BCUT2D eigenvalue weighted by atomic mass is 19.1. The number of carbonyl (C=O) groups excluding carboxylic acids is 3. The SMILES string of the molecule is CCOC(=O)C1=C(C)Nc2ccccc2N=C1NC(=O)C1CCN(C(=O)c2ccc(F)cc2F)CC1. The smallest absolute Gasteiger partial charge is 0.343 e. The molecular weight excluding hydrogens is 470 g/mol. The Hall–Kier alpha value is -4.08. The van der Waals surface area contributed by atoms with E-state index >= 15 is 0 Å². The van der Waals surface area contributed by atoms with Gasteiger partial charge in [0.1, 0.15) is 23.0 Å². The number of halogens is 2. The first kappa shape index (κ1) is 25.0. The minimum absolute atomic E-state index is 0.0836. The molecule has 1 fully saturated rings. The number of aliphatic imine (C=N–C) groups is 1. The molecular formula is C26H26F2N4O4. The highest BCUT2D eigenvalue weighted by Gasteiger charge is 2.32. The van der Waals surface area contributed by atoms with E-state index in [1.54, 1.807) is 26.0 Å². The number of rotatable bonds is 4. The van der Waals surface area contributed by atoms with Crippen LogP contribution in [-0.2, 0) is 14.3 Å². The molecule has 8 nitrogen and oxygen atoms in total. The number of benzene rings is 2. The van der Waals surface area contributed by atoms with Crippen molar-refractivity contribution in [2.75, 3.05) is 25.0 Å². The Labute approximate surface area is 207 Å². The number of nitrogens with one attached hydrogen (secondary N) is 2. The molecule has 36 heavy (non-hydrogen) atoms. The average Bonchev–Trinajstić information content (AvgIpc) is 2.99. The summed E-state index contributed by atoms with van der Waals surface area (Å²) >= 11 is 0. The number of hydrogen-bond donors (Lipinski definition) is 2. The summed E-state index contributed by atoms with van der Waals surface area (Å²) in [4.78, 5) is 44.6. The number of likely N-dealkylation sites (tertiary alicyclic amines) is 1. The standard InChI is InChI=1S/C26H26F2N4O4/c1-3-36-26(35)22-15(2)29-20-6-4-5-7-21(20)30-23(22)31-24(33)16-10-12-32(13-11-16)25(34)18-9-8-17(27)14-19(18)28/h4-9,14,16,29H,3,10-13H2,1-2H3,(H,30,31,33). The van der Waals surface area contributed by atoms with Crippen molar-refractivity contribution in [1.82, 2.24) is 10.2 Å². The summed E-state index contributed by atoms with van der Waals surface area (Å²) in [6, 6.07) is 10.0. The lowest BCUT2D eigenvalue weighted by atomic mass is 9.95. The largest absolute Gasteiger partial charge is 0.462 e. The average molecular weight is 497 g/mol. The van der Waals surface area contributed by atoms with E-state index in [-0.39, 0.29) is 42.6 Å². The zero-order chi connectivity index (χ0) is 25.8. The third-order valence-corrected chi connectivity index (χ3v) is 6.11. The molecule has 2 aromatic carbocycles. The summed E-state index contributed by atoms with van der Waals surface area (Å²) in [5.74, 6) is -3.56. The topological polar surface area (TPSA) is 100 Å². The van der Waals surface area contributed by atoms with E-state index < -0.39 is 29.4 Å². The van der Waals surface area contributed by atoms with Gasteiger partial charge in [0.2, 0.25) is 5.91 Å². The maximum atomic E-state index is 14.0. The second kappa shape index (κ2) is 10.7. The molecule has 4 rings (SSSR count). The summed E-state index contributed by atoms with van der Waals surface area (Å²) in [7, 11) is 0. The summed E-state index contributed by atoms with van der Waals surface area (Å²) in [5, 5.41) is 5.94. The monoisotopic (exact) mass is 496 g/mol. The molecule has 0 unspecified atom stereocenters. The summed E-state index contributed by atoms with van der Waals surface area (Å²) in [6.07, 6.45) is 0.667. The zero-order valence-corrected chi connectivity index (χ0v) is 19.9. The van der Waals surface area contributed by atoms with E-state index in [9.17, 15) is 23.2 Å². The maximum absolute atomic E-state index is 14.0. The molecule has 2 N–H and O–H groups in total. The predicted octanol–water partition coefficient (Wildman–Crippen LogP) is 3.93. The van der Waals surface area contributed by atoms with Crippen LogP contribution < -0.4 is 10.6 Å². The second-order valence-corrected chi connectivity index (χ2v) is 8.50. The number of allylic oxidation sites excluding steroid dienone is 1. The molecule has 0 atom stereocenters. The fourth-order valence-corrected chi connectivity index (χ4v) is 4.24. The second-order valence-electron chi connectivity index (χ2n) is 8.50. The Bertz CT molecular complexity index is 1270. The minimum Gasteiger partial charge on any atom is -0.462 e. The fourth-order valence-electron chi connectivity index (χ4n) is 4.24. The molecule has 0 spiro atoms. The Morgan fingerprint density at radius 1 is 1.14 bits per heavy atom. The van der Waals surface area contributed by atoms with Crippen molar-refractivity contribution in [2.24, 2.45) is 10.9 Å². The number of carbonyl (C=O) groups is 3. The van der Waals surface area contributed by atoms with Crippen molar-refractivity contribution in [3.63, 3.8) is 0 Å². The van der Waals surface area contributed by atoms with Gasteiger partial charge in [-0.1, -0.05) is 12.1 Å². The van der Waals surface area contributed by atoms with Crippen LogP contribution in [0.4, 0.5) is 20.2 Å². The first-order chi connectivity index (χ1) is 17.3. The van der Waals surface area contributed by atoms with Gasteiger partial charge in [0, 0.05) is 30.8 Å². The van der Waals surface area contributed by atoms with Crippen molar-refractivity contribution in [1.29, 1.82) is 0 Å². The maximum Gasteiger partial charge on any atom is 0.343 e. The lowest BCUT2D eigenvalue weighted by Gasteiger charge is -2.31. The molecule has 2 amide bonds. The van der Waals surface area contributed by atoms with Gasteiger partial charge in [-0.25, -0.2) is 18.6 Å². The molecule has 0 radical (unpaired) electrons. The molecule has 2 aliphatic rings. The number of amides is 2. The number of piperidine rings is 1. The van der Waals surface area contributed by atoms with E-state index in [0.29, 0.717) is 36.0 Å². The van der Waals surface area contributed by atoms with E-state index in [1.807, 2.05) is 12.1 Å². The van der Waals surface area contributed by atoms with Crippen LogP contribution >= 0.6 is 0 Å². The van der Waals surface area contributed by atoms with Crippen LogP contribution in [0.25, 0.3) is 0 Å². The molecule has 2 heterocycles. The third-order valence-electron chi connectivity index (χ3n) is 6.11. The van der Waals surface area contributed by atoms with Gasteiger partial charge in [0.25, 0.3) is 5.91 Å². The Kier molecular flexibility index (Phi) is 7.42. The number of esters is 1. The van der Waals surface area contributed by atoms with Crippen LogP contribution in [0.1, 0.15) is 37.0 Å². The number of fused-ring (bicyclic) bond motifs is 1. The number of anilines is 1. The normalized spacial score (nSPS) is 15.9. The first-order valence-electron chi connectivity index (χ1n) is 11.7. The molecule has 1 saturated heterocycles. The van der Waals surface area contributed by atoms with E-state index in [2.05, 4.69) is 15.6 Å². The van der Waals surface area contributed by atoms with Crippen molar-refractivity contribution in [3.8, 4) is 0 Å². The predicted molar refractivity (Wildman–Crippen MR) is 130 cm³/mol. The lowest BCUT2D eigenvalue weighted by molar-refractivity contribution is -0.137. The van der Waals surface area contributed by atoms with Crippen molar-refractivity contribution >= 4 is 35.0 Å². The van der Waals surface area contributed by atoms with Gasteiger partial charge >= 0.3 is 5.97 Å². The molecule has 2 aliphatic heterocycles. The summed E-state index contributed by atoms with van der Waals surface area (Å²) in [6.45, 7) is 4.00. The Balaban J connectivity index is 1.49. The summed E-state index contributed by atoms with van der Waals surface area (Å²) in [5.41, 5.74) is 1.63. The highest BCUT2D eigenvalue weighted by molar-refractivity contribution is 6.24. The number of nitrogens with zero attached hydrogens (tertiary/aromatic N) is 2. The molecule has 188 valence electrons. The highest BCUT2D eigenvalue weighted by Crippen LogP contribution is 2.30. The van der Waals surface area contributed by atoms with Crippen LogP contribution in [0.2, 0.25) is 0 Å². The van der Waals surface area contributed by atoms with Crippen LogP contribution in [0, 0.1) is 17.6 Å². The van der Waals surface area contributed by atoms with Gasteiger partial charge in [-0.05, 0) is 51.0 Å². The van der Waals surface area contributed by atoms with Gasteiger partial charge in [-0.2, -0.15) is 0 Å². The third kappa shape index (κ3) is 5.27. The molecule has 0 saturated carbocycles. The molecule has 0 aliphatic carbocycles. The van der Waals surface area contributed by atoms with Gasteiger partial charge in [0.05, 0.1) is 23.5 Å². The Morgan fingerprint density at radius 3 is 2.56 bits per heavy atom. The van der Waals surface area contributed by atoms with Crippen molar-refractivity contribution in [2.45, 2.75) is 26.7 Å². The lowest BCUT2D eigenvalue weighted by Crippen LogP contribution is -2.45. The fraction of sp³-hybridized carbons (Fsp3) is 0.308. The number of ether oxygens (including phenoxy) is 1. The number of amidine groups is 1. The van der Waals surface area contributed by atoms with Crippen molar-refractivity contribution < 1.29 is 27.9 Å². The number of hydrogen-bond acceptors (Lipinski definition) is 6. The molecule has 10 heteroatoms. The minimum atomic E-state index is -0.922. The van der Waals surface area contributed by atoms with Crippen LogP contribution in [0.3, 0.4) is 0 Å². The Morgan fingerprint density at radius 2 is 1.86 bits per heavy atom. The molecule has 0 bridgehead atoms. The quantitative estimate of drug-likeness (QED) is 0.625. The van der Waals surface area contributed by atoms with Gasteiger partial charge in [0.15, 0.2) is 0 Å². The van der Waals surface area contributed by atoms with Crippen molar-refractivity contribution in [3.05, 3.63) is 70.9 Å². The van der Waals surface area contributed by atoms with E-state index in [0.717, 1.165) is 12.1 Å². The number of para-hydroxylation sites is 2. The van der Waals surface area contributed by atoms with Gasteiger partial charge < -0.3 is 20.3 Å². The van der Waals surface area contributed by atoms with E-state index in [4.69, 9.17) is 4.74 Å². The first-order valence-corrected chi connectivity index (χ1v) is 11.7. The van der Waals surface area contributed by atoms with Gasteiger partial charge in [-0.15, -0.1) is 0 Å². The van der Waals surface area contributed by atoms with E-state index in [1.165, 1.54) is 4.90 Å². The van der Waals surface area contributed by atoms with Crippen LogP contribution in [0.15, 0.2) is 58.7 Å². The molecule has 2 aromatic rings. The molecule has 0 aromatic heterocycles. The zero-order valence-electron chi connectivity index (χ0n) is 19.9. The summed E-state index contributed by atoms with van der Waals surface area (Å²) < 4.78 is 32.4. The van der Waals surface area contributed by atoms with Crippen LogP contribution in [-0.4, -0.2) is 48.2 Å².